The molecule has 0 bridgehead atoms. The van der Waals surface area contributed by atoms with Crippen LogP contribution in [0.1, 0.15) is 26.3 Å². The van der Waals surface area contributed by atoms with Crippen molar-refractivity contribution in [1.29, 1.82) is 0 Å². The first-order valence-electron chi connectivity index (χ1n) is 8.82. The van der Waals surface area contributed by atoms with E-state index in [4.69, 9.17) is 14.2 Å². The average Bonchev–Trinajstić information content (AvgIpc) is 2.97. The molecule has 0 saturated carbocycles. The Bertz CT molecular complexity index is 693. The van der Waals surface area contributed by atoms with Crippen molar-refractivity contribution in [2.45, 2.75) is 31.6 Å². The van der Waals surface area contributed by atoms with Gasteiger partial charge in [-0.15, -0.1) is 0 Å². The van der Waals surface area contributed by atoms with E-state index in [9.17, 15) is 15.0 Å². The fourth-order valence-electron chi connectivity index (χ4n) is 2.86. The zero-order chi connectivity index (χ0) is 20.0. The van der Waals surface area contributed by atoms with Crippen molar-refractivity contribution in [3.63, 3.8) is 0 Å². The van der Waals surface area contributed by atoms with E-state index in [0.29, 0.717) is 42.8 Å². The molecule has 0 aliphatic carbocycles. The highest BCUT2D eigenvalue weighted by Gasteiger charge is 2.49. The summed E-state index contributed by atoms with van der Waals surface area (Å²) in [6, 6.07) is 4.94. The van der Waals surface area contributed by atoms with Crippen LogP contribution in [-0.4, -0.2) is 65.6 Å². The Kier molecular flexibility index (Phi) is 7.52. The fraction of sp³-hybridized carbons (Fsp3) is 0.579. The summed E-state index contributed by atoms with van der Waals surface area (Å²) in [6.07, 6.45) is 0. The predicted octanol–water partition coefficient (Wildman–Crippen LogP) is 2.80. The van der Waals surface area contributed by atoms with Gasteiger partial charge in [0.15, 0.2) is 5.54 Å². The number of aliphatic imine (C=N–C) groups is 1. The molecule has 0 saturated heterocycles. The second-order valence-electron chi connectivity index (χ2n) is 6.78. The standard InChI is InChI=1S/C19H27NO6S/c1-12(2)16-19(3,18(22)23)20-17(27-16)14-6-5-13(11-15(14)21)26-10-9-25-8-7-24-4/h5-6,11-12,16,21H,7-10H2,1-4H3,(H,22,23)/t16?,19-/m1/s1. The van der Waals surface area contributed by atoms with Crippen LogP contribution in [-0.2, 0) is 14.3 Å². The van der Waals surface area contributed by atoms with Crippen LogP contribution in [0.3, 0.4) is 0 Å². The van der Waals surface area contributed by atoms with E-state index in [1.807, 2.05) is 13.8 Å². The molecule has 1 aromatic carbocycles. The molecule has 2 rings (SSSR count). The zero-order valence-electron chi connectivity index (χ0n) is 16.1. The number of carboxylic acid groups (broad SMARTS) is 1. The monoisotopic (exact) mass is 397 g/mol. The number of rotatable bonds is 10. The van der Waals surface area contributed by atoms with Gasteiger partial charge in [0.2, 0.25) is 0 Å². The Morgan fingerprint density at radius 3 is 2.56 bits per heavy atom. The topological polar surface area (TPSA) is 97.6 Å². The molecule has 0 radical (unpaired) electrons. The van der Waals surface area contributed by atoms with Crippen molar-refractivity contribution < 1.29 is 29.2 Å². The number of aliphatic carboxylic acids is 1. The van der Waals surface area contributed by atoms with Gasteiger partial charge in [-0.1, -0.05) is 25.6 Å². The maximum absolute atomic E-state index is 11.7. The molecule has 0 amide bonds. The largest absolute Gasteiger partial charge is 0.507 e. The van der Waals surface area contributed by atoms with Gasteiger partial charge in [-0.05, 0) is 25.0 Å². The summed E-state index contributed by atoms with van der Waals surface area (Å²) in [5, 5.41) is 20.3. The maximum Gasteiger partial charge on any atom is 0.332 e. The molecule has 0 spiro atoms. The van der Waals surface area contributed by atoms with E-state index in [1.54, 1.807) is 26.2 Å². The Hall–Kier alpha value is -1.77. The van der Waals surface area contributed by atoms with E-state index in [2.05, 4.69) is 4.99 Å². The minimum Gasteiger partial charge on any atom is -0.507 e. The number of thioether (sulfide) groups is 1. The van der Waals surface area contributed by atoms with Crippen molar-refractivity contribution in [2.24, 2.45) is 10.9 Å². The normalized spacial score (nSPS) is 22.1. The fourth-order valence-corrected chi connectivity index (χ4v) is 4.30. The first-order valence-corrected chi connectivity index (χ1v) is 9.70. The number of hydrogen-bond acceptors (Lipinski definition) is 7. The Labute approximate surface area is 163 Å². The van der Waals surface area contributed by atoms with Crippen molar-refractivity contribution >= 4 is 22.8 Å². The van der Waals surface area contributed by atoms with Crippen molar-refractivity contribution in [3.8, 4) is 11.5 Å². The molecule has 8 heteroatoms. The molecule has 1 aliphatic rings. The number of phenolic OH excluding ortho intramolecular Hbond substituents is 1. The molecule has 150 valence electrons. The van der Waals surface area contributed by atoms with Gasteiger partial charge in [-0.3, -0.25) is 4.99 Å². The number of phenols is 1. The highest BCUT2D eigenvalue weighted by Crippen LogP contribution is 2.43. The number of ether oxygens (including phenoxy) is 3. The third kappa shape index (κ3) is 5.15. The number of benzene rings is 1. The van der Waals surface area contributed by atoms with E-state index in [1.165, 1.54) is 17.8 Å². The number of hydrogen-bond donors (Lipinski definition) is 2. The summed E-state index contributed by atoms with van der Waals surface area (Å²) in [5.74, 6) is -0.315. The number of carboxylic acids is 1. The Morgan fingerprint density at radius 2 is 2.00 bits per heavy atom. The molecule has 0 aromatic heterocycles. The van der Waals surface area contributed by atoms with Gasteiger partial charge in [0.25, 0.3) is 0 Å². The number of carbonyl (C=O) groups is 1. The molecule has 1 aliphatic heterocycles. The molecule has 0 fully saturated rings. The van der Waals surface area contributed by atoms with E-state index in [0.717, 1.165) is 0 Å². The number of nitrogens with zero attached hydrogens (tertiary/aromatic N) is 1. The third-order valence-electron chi connectivity index (χ3n) is 4.29. The van der Waals surface area contributed by atoms with Gasteiger partial charge < -0.3 is 24.4 Å². The van der Waals surface area contributed by atoms with Crippen LogP contribution in [0.2, 0.25) is 0 Å². The SMILES string of the molecule is COCCOCCOc1ccc(C2=N[C@@](C)(C(=O)O)C(C(C)C)S2)c(O)c1. The minimum atomic E-state index is -1.21. The zero-order valence-corrected chi connectivity index (χ0v) is 16.9. The lowest BCUT2D eigenvalue weighted by molar-refractivity contribution is -0.142. The van der Waals surface area contributed by atoms with Gasteiger partial charge in [0.1, 0.15) is 23.1 Å². The number of aromatic hydroxyl groups is 1. The first kappa shape index (κ1) is 21.5. The second-order valence-corrected chi connectivity index (χ2v) is 7.91. The van der Waals surface area contributed by atoms with Crippen molar-refractivity contribution in [2.75, 3.05) is 33.5 Å². The maximum atomic E-state index is 11.7. The molecular formula is C19H27NO6S. The minimum absolute atomic E-state index is 0.0104. The molecule has 27 heavy (non-hydrogen) atoms. The van der Waals surface area contributed by atoms with Gasteiger partial charge >= 0.3 is 5.97 Å². The molecular weight excluding hydrogens is 370 g/mol. The Balaban J connectivity index is 2.06. The lowest BCUT2D eigenvalue weighted by atomic mass is 9.91. The van der Waals surface area contributed by atoms with E-state index in [-0.39, 0.29) is 16.9 Å². The van der Waals surface area contributed by atoms with Gasteiger partial charge in [-0.2, -0.15) is 0 Å². The van der Waals surface area contributed by atoms with Crippen LogP contribution in [0.25, 0.3) is 0 Å². The summed E-state index contributed by atoms with van der Waals surface area (Å²) < 4.78 is 15.8. The van der Waals surface area contributed by atoms with Crippen LogP contribution < -0.4 is 4.74 Å². The van der Waals surface area contributed by atoms with Gasteiger partial charge in [-0.25, -0.2) is 4.79 Å². The summed E-state index contributed by atoms with van der Waals surface area (Å²) in [5.41, 5.74) is -0.700. The van der Waals surface area contributed by atoms with Crippen LogP contribution in [0.5, 0.6) is 11.5 Å². The van der Waals surface area contributed by atoms with Crippen molar-refractivity contribution in [1.82, 2.24) is 0 Å². The quantitative estimate of drug-likeness (QED) is 0.586. The van der Waals surface area contributed by atoms with Crippen LogP contribution in [0.4, 0.5) is 0 Å². The molecule has 7 nitrogen and oxygen atoms in total. The summed E-state index contributed by atoms with van der Waals surface area (Å²) in [4.78, 5) is 16.2. The van der Waals surface area contributed by atoms with Crippen LogP contribution in [0, 0.1) is 5.92 Å². The summed E-state index contributed by atoms with van der Waals surface area (Å²) in [6.45, 7) is 7.37. The summed E-state index contributed by atoms with van der Waals surface area (Å²) in [7, 11) is 1.61. The van der Waals surface area contributed by atoms with Crippen molar-refractivity contribution in [3.05, 3.63) is 23.8 Å². The van der Waals surface area contributed by atoms with E-state index >= 15 is 0 Å². The lowest BCUT2D eigenvalue weighted by Gasteiger charge is -2.26. The highest BCUT2D eigenvalue weighted by molar-refractivity contribution is 8.15. The van der Waals surface area contributed by atoms with Gasteiger partial charge in [0.05, 0.1) is 19.8 Å². The second kappa shape index (κ2) is 9.43. The molecule has 1 aromatic rings. The van der Waals surface area contributed by atoms with Gasteiger partial charge in [0, 0.05) is 24.0 Å². The molecule has 2 atom stereocenters. The van der Waals surface area contributed by atoms with E-state index < -0.39 is 11.5 Å². The van der Waals surface area contributed by atoms with Crippen LogP contribution in [0.15, 0.2) is 23.2 Å². The number of methoxy groups -OCH3 is 1. The highest BCUT2D eigenvalue weighted by atomic mass is 32.2. The predicted molar refractivity (Wildman–Crippen MR) is 105 cm³/mol. The average molecular weight is 397 g/mol. The first-order chi connectivity index (χ1) is 12.8. The smallest absolute Gasteiger partial charge is 0.332 e. The van der Waals surface area contributed by atoms with Crippen LogP contribution >= 0.6 is 11.8 Å². The Morgan fingerprint density at radius 1 is 1.30 bits per heavy atom. The molecule has 2 N–H and O–H groups in total. The molecule has 1 heterocycles. The lowest BCUT2D eigenvalue weighted by Crippen LogP contribution is -2.43. The third-order valence-corrected chi connectivity index (χ3v) is 6.08. The molecule has 1 unspecified atom stereocenters. The summed E-state index contributed by atoms with van der Waals surface area (Å²) >= 11 is 1.39.